The second-order valence-corrected chi connectivity index (χ2v) is 8.97. The number of epoxide rings is 1. The van der Waals surface area contributed by atoms with Crippen LogP contribution in [0.25, 0.3) is 0 Å². The van der Waals surface area contributed by atoms with Gasteiger partial charge in [-0.2, -0.15) is 0 Å². The van der Waals surface area contributed by atoms with E-state index in [4.69, 9.17) is 10.5 Å². The number of carbonyl (C=O) groups excluding carboxylic acids is 2. The van der Waals surface area contributed by atoms with Crippen molar-refractivity contribution >= 4 is 17.3 Å². The summed E-state index contributed by atoms with van der Waals surface area (Å²) >= 11 is 0. The fourth-order valence-corrected chi connectivity index (χ4v) is 5.73. The average molecular weight is 468 g/mol. The van der Waals surface area contributed by atoms with Crippen LogP contribution in [0.3, 0.4) is 0 Å². The van der Waals surface area contributed by atoms with Crippen LogP contribution < -0.4 is 11.1 Å². The maximum absolute atomic E-state index is 13.9. The van der Waals surface area contributed by atoms with Crippen molar-refractivity contribution in [2.75, 3.05) is 5.32 Å². The summed E-state index contributed by atoms with van der Waals surface area (Å²) in [5.41, 5.74) is 3.91. The number of ether oxygens (including phenoxy) is 1. The number of rotatable bonds is 2. The van der Waals surface area contributed by atoms with Crippen LogP contribution >= 0.6 is 0 Å². The number of aliphatic hydroxyl groups excluding tert-OH is 2. The molecule has 1 saturated heterocycles. The fraction of sp³-hybridized carbons (Fsp3) is 0.259. The van der Waals surface area contributed by atoms with E-state index in [1.54, 1.807) is 12.1 Å². The first-order valence-corrected chi connectivity index (χ1v) is 11.1. The number of allylic oxidation sites excluding steroid dienone is 2. The van der Waals surface area contributed by atoms with E-state index in [-0.39, 0.29) is 40.0 Å². The lowest BCUT2D eigenvalue weighted by atomic mass is 9.69. The van der Waals surface area contributed by atoms with Gasteiger partial charge in [-0.15, -0.1) is 0 Å². The molecule has 4 aliphatic rings. The number of anilines is 1. The Morgan fingerprint density at radius 1 is 1.14 bits per heavy atom. The highest BCUT2D eigenvalue weighted by Crippen LogP contribution is 2.67. The molecule has 2 aromatic carbocycles. The number of phenols is 1. The van der Waals surface area contributed by atoms with E-state index >= 15 is 0 Å². The number of ketones is 2. The SMILES string of the molecule is CC(O)C12OC13c1cc(O)c4c(c1NC2C#CC=CC#CC3O)C(=O)c1c(CN)cccc1C4=O. The molecule has 0 amide bonds. The number of fused-ring (bicyclic) bond motifs is 4. The van der Waals surface area contributed by atoms with E-state index in [9.17, 15) is 24.9 Å². The number of hydrogen-bond acceptors (Lipinski definition) is 8. The summed E-state index contributed by atoms with van der Waals surface area (Å²) in [4.78, 5) is 27.3. The zero-order chi connectivity index (χ0) is 24.7. The fourth-order valence-electron chi connectivity index (χ4n) is 5.73. The Hall–Kier alpha value is -3.92. The lowest BCUT2D eigenvalue weighted by Gasteiger charge is -2.37. The van der Waals surface area contributed by atoms with Gasteiger partial charge in [0.05, 0.1) is 22.9 Å². The summed E-state index contributed by atoms with van der Waals surface area (Å²) in [6.45, 7) is 1.56. The van der Waals surface area contributed by atoms with E-state index in [1.165, 1.54) is 31.2 Å². The van der Waals surface area contributed by atoms with Crippen molar-refractivity contribution in [2.24, 2.45) is 5.73 Å². The zero-order valence-electron chi connectivity index (χ0n) is 18.5. The summed E-state index contributed by atoms with van der Waals surface area (Å²) in [5.74, 6) is 9.80. The number of aliphatic hydroxyl groups is 2. The van der Waals surface area contributed by atoms with E-state index in [2.05, 4.69) is 29.0 Å². The molecule has 6 rings (SSSR count). The van der Waals surface area contributed by atoms with Crippen LogP contribution in [0, 0.1) is 23.7 Å². The molecular formula is C27H20N2O6. The molecule has 8 heteroatoms. The molecule has 2 aromatic rings. The van der Waals surface area contributed by atoms with E-state index < -0.39 is 46.8 Å². The van der Waals surface area contributed by atoms with E-state index in [1.807, 2.05) is 0 Å². The summed E-state index contributed by atoms with van der Waals surface area (Å²) in [6, 6.07) is 5.27. The van der Waals surface area contributed by atoms with E-state index in [0.29, 0.717) is 5.56 Å². The van der Waals surface area contributed by atoms with Crippen LogP contribution in [0.15, 0.2) is 36.4 Å². The smallest absolute Gasteiger partial charge is 0.198 e. The molecule has 2 heterocycles. The highest BCUT2D eigenvalue weighted by Gasteiger charge is 2.82. The predicted octanol–water partition coefficient (Wildman–Crippen LogP) is 0.703. The molecular weight excluding hydrogens is 448 g/mol. The Bertz CT molecular complexity index is 1520. The largest absolute Gasteiger partial charge is 0.507 e. The summed E-state index contributed by atoms with van der Waals surface area (Å²) in [5, 5.41) is 36.2. The first-order valence-electron chi connectivity index (χ1n) is 11.1. The average Bonchev–Trinajstić information content (AvgIpc) is 3.57. The molecule has 5 unspecified atom stereocenters. The molecule has 0 radical (unpaired) electrons. The number of hydrogen-bond donors (Lipinski definition) is 5. The van der Waals surface area contributed by atoms with Gasteiger partial charge in [0.25, 0.3) is 0 Å². The number of benzene rings is 2. The Morgan fingerprint density at radius 2 is 1.89 bits per heavy atom. The number of phenolic OH excluding ortho intramolecular Hbond substituents is 1. The van der Waals surface area contributed by atoms with Crippen molar-refractivity contribution in [1.29, 1.82) is 0 Å². The number of nitrogens with one attached hydrogen (secondary N) is 1. The Balaban J connectivity index is 1.69. The summed E-state index contributed by atoms with van der Waals surface area (Å²) in [7, 11) is 0. The van der Waals surface area contributed by atoms with Gasteiger partial charge in [0.15, 0.2) is 28.9 Å². The minimum Gasteiger partial charge on any atom is -0.507 e. The minimum atomic E-state index is -1.59. The van der Waals surface area contributed by atoms with Gasteiger partial charge in [0.1, 0.15) is 11.8 Å². The lowest BCUT2D eigenvalue weighted by Crippen LogP contribution is -2.54. The molecule has 6 N–H and O–H groups in total. The molecule has 2 aliphatic carbocycles. The zero-order valence-corrected chi connectivity index (χ0v) is 18.5. The van der Waals surface area contributed by atoms with Crippen molar-refractivity contribution < 1.29 is 29.6 Å². The molecule has 8 nitrogen and oxygen atoms in total. The highest BCUT2D eigenvalue weighted by molar-refractivity contribution is 6.32. The van der Waals surface area contributed by atoms with Crippen molar-refractivity contribution in [2.45, 2.75) is 42.9 Å². The van der Waals surface area contributed by atoms with Gasteiger partial charge in [0, 0.05) is 23.2 Å². The second kappa shape index (κ2) is 7.05. The van der Waals surface area contributed by atoms with Gasteiger partial charge in [-0.3, -0.25) is 9.59 Å². The third-order valence-electron chi connectivity index (χ3n) is 7.29. The number of nitrogens with two attached hydrogens (primary N) is 1. The van der Waals surface area contributed by atoms with Gasteiger partial charge < -0.3 is 31.1 Å². The van der Waals surface area contributed by atoms with Gasteiger partial charge in [-0.05, 0) is 30.7 Å². The quantitative estimate of drug-likeness (QED) is 0.210. The predicted molar refractivity (Wildman–Crippen MR) is 125 cm³/mol. The van der Waals surface area contributed by atoms with Crippen LogP contribution in [0.2, 0.25) is 0 Å². The maximum atomic E-state index is 13.9. The van der Waals surface area contributed by atoms with Crippen LogP contribution in [0.4, 0.5) is 5.69 Å². The van der Waals surface area contributed by atoms with Crippen molar-refractivity contribution in [3.05, 3.63) is 69.8 Å². The van der Waals surface area contributed by atoms with Gasteiger partial charge >= 0.3 is 0 Å². The molecule has 35 heavy (non-hydrogen) atoms. The van der Waals surface area contributed by atoms with Crippen molar-refractivity contribution in [3.8, 4) is 29.4 Å². The Morgan fingerprint density at radius 3 is 2.60 bits per heavy atom. The third-order valence-corrected chi connectivity index (χ3v) is 7.29. The molecule has 2 aliphatic heterocycles. The van der Waals surface area contributed by atoms with Crippen LogP contribution in [-0.2, 0) is 16.9 Å². The summed E-state index contributed by atoms with van der Waals surface area (Å²) in [6.07, 6.45) is 0.456. The minimum absolute atomic E-state index is 0.0406. The number of carbonyl (C=O) groups is 2. The molecule has 0 spiro atoms. The topological polar surface area (TPSA) is 145 Å². The molecule has 0 saturated carbocycles. The van der Waals surface area contributed by atoms with Gasteiger partial charge in [-0.25, -0.2) is 0 Å². The molecule has 174 valence electrons. The normalized spacial score (nSPS) is 29.6. The first-order chi connectivity index (χ1) is 16.8. The van der Waals surface area contributed by atoms with Crippen molar-refractivity contribution in [3.63, 3.8) is 0 Å². The molecule has 5 atom stereocenters. The van der Waals surface area contributed by atoms with E-state index in [0.717, 1.165) is 0 Å². The maximum Gasteiger partial charge on any atom is 0.198 e. The Labute approximate surface area is 200 Å². The molecule has 2 bridgehead atoms. The number of aromatic hydroxyl groups is 1. The standard InChI is InChI=1S/C27H20N2O6/c1-13(30)26-18-9-4-2-3-5-10-19(32)27(26,35-26)16-11-17(31)21-22(23(16)29-18)25(34)20-14(12-28)7-6-8-15(20)24(21)33/h2-3,6-8,11,13,18-19,29-32H,12,28H2,1H3. The summed E-state index contributed by atoms with van der Waals surface area (Å²) < 4.78 is 6.15. The first kappa shape index (κ1) is 21.6. The van der Waals surface area contributed by atoms with Crippen LogP contribution in [-0.4, -0.2) is 50.7 Å². The van der Waals surface area contributed by atoms with Gasteiger partial charge in [0.2, 0.25) is 0 Å². The highest BCUT2D eigenvalue weighted by atomic mass is 16.7. The molecule has 1 fully saturated rings. The van der Waals surface area contributed by atoms with Gasteiger partial charge in [-0.1, -0.05) is 41.9 Å². The second-order valence-electron chi connectivity index (χ2n) is 8.97. The lowest BCUT2D eigenvalue weighted by molar-refractivity contribution is 0.0867. The monoisotopic (exact) mass is 468 g/mol. The van der Waals surface area contributed by atoms with Crippen LogP contribution in [0.1, 0.15) is 49.9 Å². The van der Waals surface area contributed by atoms with Crippen LogP contribution in [0.5, 0.6) is 5.75 Å². The van der Waals surface area contributed by atoms with Crippen molar-refractivity contribution in [1.82, 2.24) is 0 Å². The molecule has 0 aromatic heterocycles. The Kier molecular flexibility index (Phi) is 4.35. The third kappa shape index (κ3) is 2.47.